The van der Waals surface area contributed by atoms with Gasteiger partial charge in [-0.25, -0.2) is 0 Å². The fourth-order valence-corrected chi connectivity index (χ4v) is 3.64. The lowest BCUT2D eigenvalue weighted by molar-refractivity contribution is 0.471. The highest BCUT2D eigenvalue weighted by molar-refractivity contribution is 6.42. The topological polar surface area (TPSA) is 12.0 Å². The van der Waals surface area contributed by atoms with Crippen LogP contribution in [-0.4, -0.2) is 7.05 Å². The minimum absolute atomic E-state index is 0.335. The predicted molar refractivity (Wildman–Crippen MR) is 85.8 cm³/mol. The second kappa shape index (κ2) is 5.77. The van der Waals surface area contributed by atoms with Gasteiger partial charge in [-0.1, -0.05) is 59.6 Å². The highest BCUT2D eigenvalue weighted by Crippen LogP contribution is 2.44. The van der Waals surface area contributed by atoms with Crippen LogP contribution < -0.4 is 5.32 Å². The third-order valence-corrected chi connectivity index (χ3v) is 5.03. The molecule has 104 valence electrons. The van der Waals surface area contributed by atoms with Crippen molar-refractivity contribution in [1.29, 1.82) is 0 Å². The van der Waals surface area contributed by atoms with Crippen molar-refractivity contribution in [2.75, 3.05) is 7.05 Å². The van der Waals surface area contributed by atoms with Crippen LogP contribution in [0.5, 0.6) is 0 Å². The smallest absolute Gasteiger partial charge is 0.0630 e. The van der Waals surface area contributed by atoms with Crippen LogP contribution in [0.4, 0.5) is 0 Å². The van der Waals surface area contributed by atoms with Crippen LogP contribution in [0.15, 0.2) is 42.5 Å². The molecular weight excluding hydrogens is 289 g/mol. The zero-order valence-electron chi connectivity index (χ0n) is 11.4. The van der Waals surface area contributed by atoms with Crippen molar-refractivity contribution in [3.63, 3.8) is 0 Å². The molecule has 3 heteroatoms. The summed E-state index contributed by atoms with van der Waals surface area (Å²) in [4.78, 5) is 0. The van der Waals surface area contributed by atoms with Gasteiger partial charge in [0.1, 0.15) is 0 Å². The van der Waals surface area contributed by atoms with Gasteiger partial charge >= 0.3 is 0 Å². The Morgan fingerprint density at radius 2 is 1.60 bits per heavy atom. The number of rotatable bonds is 2. The molecule has 2 atom stereocenters. The highest BCUT2D eigenvalue weighted by Gasteiger charge is 2.28. The van der Waals surface area contributed by atoms with Gasteiger partial charge in [0.2, 0.25) is 0 Å². The zero-order chi connectivity index (χ0) is 14.1. The van der Waals surface area contributed by atoms with Crippen LogP contribution >= 0.6 is 23.2 Å². The van der Waals surface area contributed by atoms with Gasteiger partial charge in [0.05, 0.1) is 10.0 Å². The van der Waals surface area contributed by atoms with Gasteiger partial charge in [0.15, 0.2) is 0 Å². The Kier molecular flexibility index (Phi) is 4.02. The second-order valence-corrected chi connectivity index (χ2v) is 6.03. The normalized spacial score (nSPS) is 21.6. The van der Waals surface area contributed by atoms with E-state index in [1.807, 2.05) is 19.2 Å². The minimum Gasteiger partial charge on any atom is -0.313 e. The van der Waals surface area contributed by atoms with Crippen LogP contribution in [0.2, 0.25) is 10.0 Å². The van der Waals surface area contributed by atoms with Crippen LogP contribution in [-0.2, 0) is 0 Å². The van der Waals surface area contributed by atoms with Crippen molar-refractivity contribution in [1.82, 2.24) is 5.32 Å². The monoisotopic (exact) mass is 305 g/mol. The molecule has 0 aromatic heterocycles. The number of hydrogen-bond donors (Lipinski definition) is 1. The van der Waals surface area contributed by atoms with Crippen LogP contribution in [0.3, 0.4) is 0 Å². The third-order valence-electron chi connectivity index (χ3n) is 4.20. The molecule has 20 heavy (non-hydrogen) atoms. The fourth-order valence-electron chi connectivity index (χ4n) is 3.20. The first kappa shape index (κ1) is 13.9. The van der Waals surface area contributed by atoms with Crippen LogP contribution in [0, 0.1) is 0 Å². The van der Waals surface area contributed by atoms with Crippen molar-refractivity contribution < 1.29 is 0 Å². The van der Waals surface area contributed by atoms with E-state index in [0.29, 0.717) is 22.0 Å². The highest BCUT2D eigenvalue weighted by atomic mass is 35.5. The molecule has 2 unspecified atom stereocenters. The molecule has 2 aromatic carbocycles. The maximum absolute atomic E-state index is 6.42. The van der Waals surface area contributed by atoms with Gasteiger partial charge in [0.25, 0.3) is 0 Å². The zero-order valence-corrected chi connectivity index (χ0v) is 12.9. The van der Waals surface area contributed by atoms with Gasteiger partial charge in [-0.2, -0.15) is 0 Å². The first-order chi connectivity index (χ1) is 9.72. The van der Waals surface area contributed by atoms with Crippen molar-refractivity contribution in [3.05, 3.63) is 69.2 Å². The summed E-state index contributed by atoms with van der Waals surface area (Å²) >= 11 is 12.6. The molecule has 1 aliphatic carbocycles. The summed E-state index contributed by atoms with van der Waals surface area (Å²) in [5, 5.41) is 4.73. The molecular formula is C17H17Cl2N. The van der Waals surface area contributed by atoms with Gasteiger partial charge in [0, 0.05) is 12.0 Å². The van der Waals surface area contributed by atoms with E-state index in [9.17, 15) is 0 Å². The van der Waals surface area contributed by atoms with Gasteiger partial charge in [-0.15, -0.1) is 0 Å². The molecule has 2 aromatic rings. The summed E-state index contributed by atoms with van der Waals surface area (Å²) in [5.74, 6) is 0.335. The average Bonchev–Trinajstić information content (AvgIpc) is 2.49. The Bertz CT molecular complexity index is 624. The Morgan fingerprint density at radius 3 is 2.35 bits per heavy atom. The number of fused-ring (bicyclic) bond motifs is 1. The fraction of sp³-hybridized carbons (Fsp3) is 0.294. The quantitative estimate of drug-likeness (QED) is 0.806. The average molecular weight is 306 g/mol. The molecule has 1 aliphatic rings. The number of hydrogen-bond acceptors (Lipinski definition) is 1. The van der Waals surface area contributed by atoms with E-state index in [2.05, 4.69) is 35.6 Å². The SMILES string of the molecule is CNC1CCC(c2cccc(Cl)c2Cl)c2ccccc21. The summed E-state index contributed by atoms with van der Waals surface area (Å²) in [6.07, 6.45) is 2.20. The van der Waals surface area contributed by atoms with Crippen LogP contribution in [0.25, 0.3) is 0 Å². The summed E-state index contributed by atoms with van der Waals surface area (Å²) in [6.45, 7) is 0. The Balaban J connectivity index is 2.10. The van der Waals surface area contributed by atoms with Crippen molar-refractivity contribution in [3.8, 4) is 0 Å². The summed E-state index contributed by atoms with van der Waals surface area (Å²) < 4.78 is 0. The van der Waals surface area contributed by atoms with Gasteiger partial charge < -0.3 is 5.32 Å². The lowest BCUT2D eigenvalue weighted by Gasteiger charge is -2.32. The molecule has 1 nitrogen and oxygen atoms in total. The standard InChI is InChI=1S/C17H17Cl2N/c1-20-16-10-9-12(11-5-2-3-6-13(11)16)14-7-4-8-15(18)17(14)19/h2-8,12,16,20H,9-10H2,1H3. The van der Waals surface area contributed by atoms with E-state index in [1.54, 1.807) is 0 Å². The molecule has 0 radical (unpaired) electrons. The Morgan fingerprint density at radius 1 is 0.900 bits per heavy atom. The maximum Gasteiger partial charge on any atom is 0.0630 e. The van der Waals surface area contributed by atoms with E-state index in [1.165, 1.54) is 11.1 Å². The van der Waals surface area contributed by atoms with Crippen molar-refractivity contribution >= 4 is 23.2 Å². The lowest BCUT2D eigenvalue weighted by atomic mass is 9.77. The predicted octanol–water partition coefficient (Wildman–Crippen LogP) is 5.18. The van der Waals surface area contributed by atoms with E-state index in [-0.39, 0.29) is 0 Å². The van der Waals surface area contributed by atoms with Gasteiger partial charge in [-0.3, -0.25) is 0 Å². The molecule has 0 aliphatic heterocycles. The molecule has 0 saturated heterocycles. The minimum atomic E-state index is 0.335. The summed E-state index contributed by atoms with van der Waals surface area (Å²) in [6, 6.07) is 15.0. The molecule has 3 rings (SSSR count). The molecule has 1 N–H and O–H groups in total. The second-order valence-electron chi connectivity index (χ2n) is 5.24. The van der Waals surface area contributed by atoms with Gasteiger partial charge in [-0.05, 0) is 42.6 Å². The largest absolute Gasteiger partial charge is 0.313 e. The Hall–Kier alpha value is -1.02. The van der Waals surface area contributed by atoms with E-state index >= 15 is 0 Å². The Labute approximate surface area is 129 Å². The molecule has 0 heterocycles. The number of halogens is 2. The van der Waals surface area contributed by atoms with Crippen LogP contribution in [0.1, 0.15) is 41.5 Å². The molecule has 0 bridgehead atoms. The molecule has 0 saturated carbocycles. The van der Waals surface area contributed by atoms with Crippen molar-refractivity contribution in [2.24, 2.45) is 0 Å². The molecule has 0 spiro atoms. The third kappa shape index (κ3) is 2.35. The number of benzene rings is 2. The summed E-state index contributed by atoms with van der Waals surface area (Å²) in [7, 11) is 2.02. The maximum atomic E-state index is 6.42. The first-order valence-corrected chi connectivity index (χ1v) is 7.68. The summed E-state index contributed by atoms with van der Waals surface area (Å²) in [5.41, 5.74) is 3.88. The number of nitrogens with one attached hydrogen (secondary N) is 1. The lowest BCUT2D eigenvalue weighted by Crippen LogP contribution is -2.24. The van der Waals surface area contributed by atoms with E-state index in [0.717, 1.165) is 18.4 Å². The van der Waals surface area contributed by atoms with Crippen molar-refractivity contribution in [2.45, 2.75) is 24.8 Å². The van der Waals surface area contributed by atoms with E-state index < -0.39 is 0 Å². The molecule has 0 amide bonds. The van der Waals surface area contributed by atoms with E-state index in [4.69, 9.17) is 23.2 Å². The molecule has 0 fully saturated rings. The first-order valence-electron chi connectivity index (χ1n) is 6.92.